The summed E-state index contributed by atoms with van der Waals surface area (Å²) < 4.78 is 5.92. The lowest BCUT2D eigenvalue weighted by Crippen LogP contribution is -1.88. The molecule has 4 aromatic heterocycles. The zero-order valence-corrected chi connectivity index (χ0v) is 12.1. The zero-order valence-electron chi connectivity index (χ0n) is 12.1. The van der Waals surface area contributed by atoms with Crippen molar-refractivity contribution in [2.75, 3.05) is 0 Å². The SMILES string of the molecule is c1cnc2c(c1)oc1cccc(-c3nccc4ncccc34)c12. The average Bonchev–Trinajstić information content (AvgIpc) is 3.00. The van der Waals surface area contributed by atoms with Crippen molar-refractivity contribution in [3.63, 3.8) is 0 Å². The molecular formula is C19H11N3O. The van der Waals surface area contributed by atoms with Crippen LogP contribution in [-0.2, 0) is 0 Å². The smallest absolute Gasteiger partial charge is 0.153 e. The van der Waals surface area contributed by atoms with Crippen LogP contribution >= 0.6 is 0 Å². The Labute approximate surface area is 131 Å². The predicted molar refractivity (Wildman–Crippen MR) is 90.0 cm³/mol. The largest absolute Gasteiger partial charge is 0.454 e. The van der Waals surface area contributed by atoms with Gasteiger partial charge in [0.1, 0.15) is 11.1 Å². The van der Waals surface area contributed by atoms with Crippen LogP contribution < -0.4 is 0 Å². The van der Waals surface area contributed by atoms with E-state index in [0.29, 0.717) is 0 Å². The highest BCUT2D eigenvalue weighted by Crippen LogP contribution is 2.36. The fourth-order valence-electron chi connectivity index (χ4n) is 3.05. The van der Waals surface area contributed by atoms with E-state index in [1.54, 1.807) is 18.6 Å². The molecule has 1 aromatic carbocycles. The molecular weight excluding hydrogens is 286 g/mol. The van der Waals surface area contributed by atoms with Gasteiger partial charge < -0.3 is 4.42 Å². The van der Waals surface area contributed by atoms with E-state index in [2.05, 4.69) is 21.0 Å². The molecule has 0 aliphatic carbocycles. The summed E-state index contributed by atoms with van der Waals surface area (Å²) in [6.45, 7) is 0. The number of benzene rings is 1. The average molecular weight is 297 g/mol. The first-order valence-electron chi connectivity index (χ1n) is 7.38. The summed E-state index contributed by atoms with van der Waals surface area (Å²) in [6.07, 6.45) is 5.37. The van der Waals surface area contributed by atoms with Crippen molar-refractivity contribution in [2.45, 2.75) is 0 Å². The van der Waals surface area contributed by atoms with Crippen molar-refractivity contribution in [1.29, 1.82) is 0 Å². The third-order valence-electron chi connectivity index (χ3n) is 4.04. The minimum absolute atomic E-state index is 0.785. The molecule has 0 unspecified atom stereocenters. The van der Waals surface area contributed by atoms with Crippen LogP contribution in [0.4, 0.5) is 0 Å². The maximum absolute atomic E-state index is 5.92. The maximum atomic E-state index is 5.92. The fraction of sp³-hybridized carbons (Fsp3) is 0. The Morgan fingerprint density at radius 2 is 1.57 bits per heavy atom. The third-order valence-corrected chi connectivity index (χ3v) is 4.04. The number of rotatable bonds is 1. The van der Waals surface area contributed by atoms with Gasteiger partial charge in [-0.2, -0.15) is 0 Å². The molecule has 0 fully saturated rings. The van der Waals surface area contributed by atoms with Gasteiger partial charge in [-0.3, -0.25) is 15.0 Å². The van der Waals surface area contributed by atoms with Crippen molar-refractivity contribution in [2.24, 2.45) is 0 Å². The number of nitrogens with zero attached hydrogens (tertiary/aromatic N) is 3. The number of aromatic nitrogens is 3. The van der Waals surface area contributed by atoms with E-state index < -0.39 is 0 Å². The van der Waals surface area contributed by atoms with Gasteiger partial charge >= 0.3 is 0 Å². The van der Waals surface area contributed by atoms with E-state index in [4.69, 9.17) is 4.42 Å². The normalized spacial score (nSPS) is 11.5. The molecule has 4 heteroatoms. The van der Waals surface area contributed by atoms with Gasteiger partial charge in [0, 0.05) is 29.5 Å². The minimum Gasteiger partial charge on any atom is -0.454 e. The lowest BCUT2D eigenvalue weighted by atomic mass is 10.0. The second-order valence-electron chi connectivity index (χ2n) is 5.36. The zero-order chi connectivity index (χ0) is 15.2. The molecule has 4 nitrogen and oxygen atoms in total. The number of fused-ring (bicyclic) bond motifs is 4. The Morgan fingerprint density at radius 1 is 0.696 bits per heavy atom. The topological polar surface area (TPSA) is 51.8 Å². The molecule has 0 saturated carbocycles. The van der Waals surface area contributed by atoms with Crippen LogP contribution in [0.2, 0.25) is 0 Å². The predicted octanol–water partition coefficient (Wildman–Crippen LogP) is 4.59. The van der Waals surface area contributed by atoms with Crippen LogP contribution in [0.3, 0.4) is 0 Å². The maximum Gasteiger partial charge on any atom is 0.153 e. The van der Waals surface area contributed by atoms with Gasteiger partial charge in [-0.05, 0) is 36.4 Å². The quantitative estimate of drug-likeness (QED) is 0.454. The second-order valence-corrected chi connectivity index (χ2v) is 5.36. The van der Waals surface area contributed by atoms with Gasteiger partial charge in [0.05, 0.1) is 16.6 Å². The first-order valence-corrected chi connectivity index (χ1v) is 7.38. The van der Waals surface area contributed by atoms with Crippen molar-refractivity contribution >= 4 is 33.0 Å². The highest BCUT2D eigenvalue weighted by molar-refractivity contribution is 6.12. The van der Waals surface area contributed by atoms with E-state index in [1.807, 2.05) is 42.5 Å². The van der Waals surface area contributed by atoms with Crippen LogP contribution in [0.1, 0.15) is 0 Å². The summed E-state index contributed by atoms with van der Waals surface area (Å²) in [5.74, 6) is 0. The van der Waals surface area contributed by atoms with Gasteiger partial charge in [0.25, 0.3) is 0 Å². The van der Waals surface area contributed by atoms with Gasteiger partial charge in [-0.1, -0.05) is 12.1 Å². The summed E-state index contributed by atoms with van der Waals surface area (Å²) >= 11 is 0. The Kier molecular flexibility index (Phi) is 2.46. The lowest BCUT2D eigenvalue weighted by Gasteiger charge is -2.06. The molecule has 23 heavy (non-hydrogen) atoms. The summed E-state index contributed by atoms with van der Waals surface area (Å²) in [5, 5.41) is 2.01. The summed E-state index contributed by atoms with van der Waals surface area (Å²) in [5.41, 5.74) is 5.30. The molecule has 0 saturated heterocycles. The lowest BCUT2D eigenvalue weighted by molar-refractivity contribution is 0.668. The molecule has 0 atom stereocenters. The van der Waals surface area contributed by atoms with E-state index in [-0.39, 0.29) is 0 Å². The first-order chi connectivity index (χ1) is 11.4. The molecule has 0 aliphatic heterocycles. The van der Waals surface area contributed by atoms with E-state index in [1.165, 1.54) is 0 Å². The molecule has 0 radical (unpaired) electrons. The highest BCUT2D eigenvalue weighted by atomic mass is 16.3. The van der Waals surface area contributed by atoms with E-state index >= 15 is 0 Å². The Bertz CT molecular complexity index is 1170. The Morgan fingerprint density at radius 3 is 2.57 bits per heavy atom. The van der Waals surface area contributed by atoms with Gasteiger partial charge in [0.2, 0.25) is 0 Å². The number of furan rings is 1. The van der Waals surface area contributed by atoms with Gasteiger partial charge in [0.15, 0.2) is 5.58 Å². The van der Waals surface area contributed by atoms with Crippen molar-refractivity contribution < 1.29 is 4.42 Å². The van der Waals surface area contributed by atoms with Crippen LogP contribution in [0, 0.1) is 0 Å². The molecule has 5 aromatic rings. The van der Waals surface area contributed by atoms with Crippen molar-refractivity contribution in [3.8, 4) is 11.3 Å². The molecule has 0 bridgehead atoms. The molecule has 0 aliphatic rings. The molecule has 0 amide bonds. The van der Waals surface area contributed by atoms with E-state index in [0.717, 1.165) is 44.2 Å². The summed E-state index contributed by atoms with van der Waals surface area (Å²) in [6, 6.07) is 15.7. The van der Waals surface area contributed by atoms with Crippen LogP contribution in [-0.4, -0.2) is 15.0 Å². The van der Waals surface area contributed by atoms with Crippen LogP contribution in [0.5, 0.6) is 0 Å². The third kappa shape index (κ3) is 1.75. The minimum atomic E-state index is 0.785. The van der Waals surface area contributed by atoms with Crippen LogP contribution in [0.25, 0.3) is 44.2 Å². The second kappa shape index (κ2) is 4.61. The Balaban J connectivity index is 1.96. The highest BCUT2D eigenvalue weighted by Gasteiger charge is 2.15. The van der Waals surface area contributed by atoms with Gasteiger partial charge in [-0.25, -0.2) is 0 Å². The molecule has 5 rings (SSSR count). The van der Waals surface area contributed by atoms with Crippen molar-refractivity contribution in [1.82, 2.24) is 15.0 Å². The first kappa shape index (κ1) is 12.3. The van der Waals surface area contributed by atoms with Gasteiger partial charge in [-0.15, -0.1) is 0 Å². The molecule has 108 valence electrons. The summed E-state index contributed by atoms with van der Waals surface area (Å²) in [4.78, 5) is 13.5. The number of hydrogen-bond donors (Lipinski definition) is 0. The van der Waals surface area contributed by atoms with Crippen molar-refractivity contribution in [3.05, 3.63) is 67.1 Å². The van der Waals surface area contributed by atoms with Crippen LogP contribution in [0.15, 0.2) is 71.5 Å². The fourth-order valence-corrected chi connectivity index (χ4v) is 3.05. The summed E-state index contributed by atoms with van der Waals surface area (Å²) in [7, 11) is 0. The Hall–Kier alpha value is -3.27. The molecule has 0 spiro atoms. The monoisotopic (exact) mass is 297 g/mol. The van der Waals surface area contributed by atoms with E-state index in [9.17, 15) is 0 Å². The number of pyridine rings is 3. The molecule has 0 N–H and O–H groups in total. The molecule has 4 heterocycles. The standard InChI is InChI=1S/C19H11N3O/c1-4-13(18-12-5-2-9-20-14(12)8-11-22-18)17-15(6-1)23-16-7-3-10-21-19(16)17/h1-11H. The number of hydrogen-bond acceptors (Lipinski definition) is 4.